The van der Waals surface area contributed by atoms with Crippen LogP contribution in [0.3, 0.4) is 0 Å². The van der Waals surface area contributed by atoms with E-state index >= 15 is 0 Å². The summed E-state index contributed by atoms with van der Waals surface area (Å²) in [6.45, 7) is 1.55. The molecule has 0 N–H and O–H groups in total. The predicted molar refractivity (Wildman–Crippen MR) is 59.9 cm³/mol. The number of morpholine rings is 1. The lowest BCUT2D eigenvalue weighted by atomic mass is 10.2. The highest BCUT2D eigenvalue weighted by atomic mass is 19.4. The van der Waals surface area contributed by atoms with Crippen LogP contribution in [0.2, 0.25) is 0 Å². The highest BCUT2D eigenvalue weighted by molar-refractivity contribution is 5.70. The first-order valence-electron chi connectivity index (χ1n) is 5.68. The second-order valence-electron chi connectivity index (χ2n) is 3.99. The minimum atomic E-state index is -4.46. The molecule has 1 amide bonds. The number of hydrogen-bond acceptors (Lipinski definition) is 3. The first-order valence-corrected chi connectivity index (χ1v) is 5.68. The largest absolute Gasteiger partial charge is 0.416 e. The molecular formula is C12H12F3NO3. The zero-order chi connectivity index (χ0) is 13.9. The molecule has 0 unspecified atom stereocenters. The Morgan fingerprint density at radius 3 is 2.58 bits per heavy atom. The molecule has 4 nitrogen and oxygen atoms in total. The van der Waals surface area contributed by atoms with Crippen LogP contribution in [0, 0.1) is 0 Å². The smallest absolute Gasteiger partial charge is 0.410 e. The van der Waals surface area contributed by atoms with E-state index < -0.39 is 17.8 Å². The van der Waals surface area contributed by atoms with Crippen molar-refractivity contribution in [1.82, 2.24) is 4.90 Å². The maximum atomic E-state index is 12.5. The van der Waals surface area contributed by atoms with Gasteiger partial charge in [0.2, 0.25) is 0 Å². The lowest BCUT2D eigenvalue weighted by Gasteiger charge is -2.25. The van der Waals surface area contributed by atoms with Crippen LogP contribution in [0.1, 0.15) is 5.56 Å². The SMILES string of the molecule is O=C(Oc1cccc(C(F)(F)F)c1)N1CCOCC1. The number of alkyl halides is 3. The van der Waals surface area contributed by atoms with Crippen LogP contribution in [-0.4, -0.2) is 37.3 Å². The van der Waals surface area contributed by atoms with Crippen LogP contribution < -0.4 is 4.74 Å². The molecular weight excluding hydrogens is 263 g/mol. The van der Waals surface area contributed by atoms with Gasteiger partial charge in [-0.1, -0.05) is 6.07 Å². The van der Waals surface area contributed by atoms with Crippen molar-refractivity contribution in [2.75, 3.05) is 26.3 Å². The van der Waals surface area contributed by atoms with Crippen LogP contribution in [-0.2, 0) is 10.9 Å². The van der Waals surface area contributed by atoms with Gasteiger partial charge in [0.1, 0.15) is 5.75 Å². The average molecular weight is 275 g/mol. The van der Waals surface area contributed by atoms with Gasteiger partial charge in [0.05, 0.1) is 18.8 Å². The van der Waals surface area contributed by atoms with Gasteiger partial charge >= 0.3 is 12.3 Å². The van der Waals surface area contributed by atoms with Gasteiger partial charge in [0, 0.05) is 13.1 Å². The number of halogens is 3. The average Bonchev–Trinajstić information content (AvgIpc) is 2.39. The van der Waals surface area contributed by atoms with E-state index in [9.17, 15) is 18.0 Å². The number of ether oxygens (including phenoxy) is 2. The lowest BCUT2D eigenvalue weighted by Crippen LogP contribution is -2.42. The van der Waals surface area contributed by atoms with E-state index in [2.05, 4.69) is 0 Å². The number of nitrogens with zero attached hydrogens (tertiary/aromatic N) is 1. The summed E-state index contributed by atoms with van der Waals surface area (Å²) in [7, 11) is 0. The van der Waals surface area contributed by atoms with Crippen molar-refractivity contribution in [1.29, 1.82) is 0 Å². The lowest BCUT2D eigenvalue weighted by molar-refractivity contribution is -0.137. The summed E-state index contributed by atoms with van der Waals surface area (Å²) in [4.78, 5) is 13.1. The second-order valence-corrected chi connectivity index (χ2v) is 3.99. The summed E-state index contributed by atoms with van der Waals surface area (Å²) in [5.41, 5.74) is -0.847. The Hall–Kier alpha value is -1.76. The number of carbonyl (C=O) groups is 1. The van der Waals surface area contributed by atoms with Gasteiger partial charge in [0.15, 0.2) is 0 Å². The van der Waals surface area contributed by atoms with Crippen molar-refractivity contribution in [3.8, 4) is 5.75 Å². The molecule has 0 aliphatic carbocycles. The van der Waals surface area contributed by atoms with Crippen molar-refractivity contribution in [3.63, 3.8) is 0 Å². The van der Waals surface area contributed by atoms with Crippen molar-refractivity contribution >= 4 is 6.09 Å². The Balaban J connectivity index is 2.04. The van der Waals surface area contributed by atoms with E-state index in [1.807, 2.05) is 0 Å². The summed E-state index contributed by atoms with van der Waals surface area (Å²) in [5, 5.41) is 0. The molecule has 7 heteroatoms. The third kappa shape index (κ3) is 3.60. The molecule has 1 aliphatic rings. The van der Waals surface area contributed by atoms with Crippen LogP contribution >= 0.6 is 0 Å². The molecule has 0 radical (unpaired) electrons. The molecule has 1 aliphatic heterocycles. The maximum Gasteiger partial charge on any atom is 0.416 e. The first kappa shape index (κ1) is 13.7. The van der Waals surface area contributed by atoms with Crippen molar-refractivity contribution in [3.05, 3.63) is 29.8 Å². The summed E-state index contributed by atoms with van der Waals surface area (Å²) >= 11 is 0. The normalized spacial score (nSPS) is 16.3. The van der Waals surface area contributed by atoms with Gasteiger partial charge in [-0.05, 0) is 18.2 Å². The Morgan fingerprint density at radius 2 is 1.95 bits per heavy atom. The van der Waals surface area contributed by atoms with E-state index in [0.717, 1.165) is 12.1 Å². The predicted octanol–water partition coefficient (Wildman–Crippen LogP) is 2.54. The van der Waals surface area contributed by atoms with Gasteiger partial charge in [-0.2, -0.15) is 13.2 Å². The number of amides is 1. The molecule has 0 aromatic heterocycles. The minimum absolute atomic E-state index is 0.119. The number of carbonyl (C=O) groups excluding carboxylic acids is 1. The van der Waals surface area contributed by atoms with E-state index in [4.69, 9.17) is 9.47 Å². The van der Waals surface area contributed by atoms with Crippen LogP contribution in [0.5, 0.6) is 5.75 Å². The van der Waals surface area contributed by atoms with Crippen molar-refractivity contribution in [2.24, 2.45) is 0 Å². The molecule has 0 bridgehead atoms. The number of rotatable bonds is 1. The molecule has 1 heterocycles. The second kappa shape index (κ2) is 5.48. The van der Waals surface area contributed by atoms with Crippen LogP contribution in [0.4, 0.5) is 18.0 Å². The maximum absolute atomic E-state index is 12.5. The molecule has 0 atom stereocenters. The summed E-state index contributed by atoms with van der Waals surface area (Å²) in [6.07, 6.45) is -5.12. The van der Waals surface area contributed by atoms with E-state index in [1.165, 1.54) is 17.0 Å². The van der Waals surface area contributed by atoms with Crippen molar-refractivity contribution < 1.29 is 27.4 Å². The topological polar surface area (TPSA) is 38.8 Å². The van der Waals surface area contributed by atoms with E-state index in [1.54, 1.807) is 0 Å². The van der Waals surface area contributed by atoms with E-state index in [-0.39, 0.29) is 5.75 Å². The Bertz CT molecular complexity index is 456. The molecule has 1 aromatic carbocycles. The molecule has 104 valence electrons. The van der Waals surface area contributed by atoms with Gasteiger partial charge in [-0.3, -0.25) is 0 Å². The Morgan fingerprint density at radius 1 is 1.26 bits per heavy atom. The van der Waals surface area contributed by atoms with Gasteiger partial charge < -0.3 is 14.4 Å². The van der Waals surface area contributed by atoms with Gasteiger partial charge in [-0.15, -0.1) is 0 Å². The monoisotopic (exact) mass is 275 g/mol. The Kier molecular flexibility index (Phi) is 3.94. The number of hydrogen-bond donors (Lipinski definition) is 0. The summed E-state index contributed by atoms with van der Waals surface area (Å²) in [6, 6.07) is 4.24. The van der Waals surface area contributed by atoms with Gasteiger partial charge in [0.25, 0.3) is 0 Å². The third-order valence-corrected chi connectivity index (χ3v) is 2.64. The zero-order valence-corrected chi connectivity index (χ0v) is 9.94. The molecule has 1 fully saturated rings. The Labute approximate surface area is 107 Å². The fourth-order valence-corrected chi connectivity index (χ4v) is 1.65. The molecule has 0 spiro atoms. The molecule has 2 rings (SSSR count). The summed E-state index contributed by atoms with van der Waals surface area (Å²) < 4.78 is 47.5. The standard InChI is InChI=1S/C12H12F3NO3/c13-12(14,15)9-2-1-3-10(8-9)19-11(17)16-4-6-18-7-5-16/h1-3,8H,4-7H2. The molecule has 1 saturated heterocycles. The quantitative estimate of drug-likeness (QED) is 0.790. The fraction of sp³-hybridized carbons (Fsp3) is 0.417. The fourth-order valence-electron chi connectivity index (χ4n) is 1.65. The molecule has 0 saturated carbocycles. The number of benzene rings is 1. The third-order valence-electron chi connectivity index (χ3n) is 2.64. The van der Waals surface area contributed by atoms with E-state index in [0.29, 0.717) is 26.3 Å². The van der Waals surface area contributed by atoms with Crippen molar-refractivity contribution in [2.45, 2.75) is 6.18 Å². The van der Waals surface area contributed by atoms with Gasteiger partial charge in [-0.25, -0.2) is 4.79 Å². The zero-order valence-electron chi connectivity index (χ0n) is 9.94. The molecule has 19 heavy (non-hydrogen) atoms. The minimum Gasteiger partial charge on any atom is -0.410 e. The summed E-state index contributed by atoms with van der Waals surface area (Å²) in [5.74, 6) is -0.119. The van der Waals surface area contributed by atoms with Crippen LogP contribution in [0.15, 0.2) is 24.3 Å². The highest BCUT2D eigenvalue weighted by Gasteiger charge is 2.31. The highest BCUT2D eigenvalue weighted by Crippen LogP contribution is 2.31. The van der Waals surface area contributed by atoms with Crippen LogP contribution in [0.25, 0.3) is 0 Å². The molecule has 1 aromatic rings. The first-order chi connectivity index (χ1) is 8.97.